The van der Waals surface area contributed by atoms with Gasteiger partial charge in [0.25, 0.3) is 5.56 Å². The lowest BCUT2D eigenvalue weighted by Gasteiger charge is -2.13. The number of hydrogen-bond acceptors (Lipinski definition) is 7. The smallest absolute Gasteiger partial charge is 0.308 e. The van der Waals surface area contributed by atoms with Gasteiger partial charge in [-0.2, -0.15) is 0 Å². The van der Waals surface area contributed by atoms with Crippen molar-refractivity contribution in [1.82, 2.24) is 9.38 Å². The second-order valence-corrected chi connectivity index (χ2v) is 7.88. The number of ether oxygens (including phenoxy) is 3. The topological polar surface area (TPSA) is 79.1 Å². The van der Waals surface area contributed by atoms with Gasteiger partial charge < -0.3 is 14.2 Å². The molecular weight excluding hydrogens is 404 g/mol. The first-order chi connectivity index (χ1) is 14.3. The van der Waals surface area contributed by atoms with E-state index in [-0.39, 0.29) is 11.3 Å². The number of aromatic nitrogens is 2. The molecule has 0 saturated carbocycles. The van der Waals surface area contributed by atoms with Crippen LogP contribution in [0.4, 0.5) is 0 Å². The number of fused-ring (bicyclic) bond motifs is 3. The van der Waals surface area contributed by atoms with Crippen LogP contribution in [-0.4, -0.2) is 29.6 Å². The van der Waals surface area contributed by atoms with Gasteiger partial charge in [-0.05, 0) is 54.8 Å². The summed E-state index contributed by atoms with van der Waals surface area (Å²) in [6, 6.07) is 7.30. The van der Waals surface area contributed by atoms with Crippen LogP contribution in [0.3, 0.4) is 0 Å². The van der Waals surface area contributed by atoms with Gasteiger partial charge in [-0.1, -0.05) is 17.4 Å². The number of hydrogen-bond donors (Lipinski definition) is 0. The van der Waals surface area contributed by atoms with E-state index in [0.717, 1.165) is 22.2 Å². The first kappa shape index (κ1) is 19.9. The fourth-order valence-corrected chi connectivity index (χ4v) is 4.32. The number of esters is 1. The lowest BCUT2D eigenvalue weighted by molar-refractivity contribution is -0.132. The summed E-state index contributed by atoms with van der Waals surface area (Å²) in [5.41, 5.74) is 4.40. The van der Waals surface area contributed by atoms with E-state index in [9.17, 15) is 9.59 Å². The molecule has 30 heavy (non-hydrogen) atoms. The number of nitrogens with zero attached hydrogens (tertiary/aromatic N) is 2. The van der Waals surface area contributed by atoms with E-state index in [1.165, 1.54) is 32.5 Å². The van der Waals surface area contributed by atoms with Crippen LogP contribution in [0.25, 0.3) is 22.1 Å². The molecule has 2 aromatic heterocycles. The van der Waals surface area contributed by atoms with E-state index < -0.39 is 5.97 Å². The fraction of sp³-hybridized carbons (Fsp3) is 0.227. The molecule has 2 heterocycles. The molecule has 4 rings (SSSR count). The first-order valence-electron chi connectivity index (χ1n) is 9.21. The molecule has 0 fully saturated rings. The van der Waals surface area contributed by atoms with Crippen LogP contribution in [0, 0.1) is 13.8 Å². The predicted molar refractivity (Wildman–Crippen MR) is 116 cm³/mol. The van der Waals surface area contributed by atoms with Gasteiger partial charge >= 0.3 is 5.97 Å². The Hall–Kier alpha value is -3.39. The minimum Gasteiger partial charge on any atom is -0.493 e. The van der Waals surface area contributed by atoms with Gasteiger partial charge in [-0.25, -0.2) is 9.38 Å². The van der Waals surface area contributed by atoms with Gasteiger partial charge in [0.15, 0.2) is 16.5 Å². The van der Waals surface area contributed by atoms with Crippen LogP contribution in [-0.2, 0) is 4.79 Å². The second kappa shape index (κ2) is 7.46. The third kappa shape index (κ3) is 3.19. The zero-order valence-corrected chi connectivity index (χ0v) is 18.0. The Labute approximate surface area is 176 Å². The highest BCUT2D eigenvalue weighted by Crippen LogP contribution is 2.39. The van der Waals surface area contributed by atoms with Crippen molar-refractivity contribution < 1.29 is 19.0 Å². The normalized spacial score (nSPS) is 12.0. The van der Waals surface area contributed by atoms with Gasteiger partial charge in [0.1, 0.15) is 0 Å². The van der Waals surface area contributed by atoms with Crippen molar-refractivity contribution in [1.29, 1.82) is 0 Å². The third-order valence-corrected chi connectivity index (χ3v) is 5.93. The second-order valence-electron chi connectivity index (χ2n) is 6.87. The Morgan fingerprint density at radius 2 is 1.80 bits per heavy atom. The minimum absolute atomic E-state index is 0.136. The van der Waals surface area contributed by atoms with Crippen molar-refractivity contribution in [2.45, 2.75) is 20.8 Å². The Kier molecular flexibility index (Phi) is 4.95. The standard InChI is InChI=1S/C22H20N2O5S/c1-11-6-7-15-19(12(11)2)23-22-24(15)21(26)18(30-22)10-14-8-16(27-4)20(29-13(3)25)17(9-14)28-5/h6-10H,1-5H3/b18-10+. The summed E-state index contributed by atoms with van der Waals surface area (Å²) >= 11 is 1.32. The highest BCUT2D eigenvalue weighted by atomic mass is 32.1. The average Bonchev–Trinajstić information content (AvgIpc) is 3.22. The van der Waals surface area contributed by atoms with Crippen LogP contribution in [0.1, 0.15) is 23.6 Å². The number of aryl methyl sites for hydroxylation is 2. The maximum Gasteiger partial charge on any atom is 0.308 e. The molecule has 7 nitrogen and oxygen atoms in total. The minimum atomic E-state index is -0.484. The van der Waals surface area contributed by atoms with Crippen molar-refractivity contribution in [3.05, 3.63) is 55.8 Å². The maximum absolute atomic E-state index is 13.1. The zero-order valence-electron chi connectivity index (χ0n) is 17.2. The number of carbonyl (C=O) groups is 1. The number of methoxy groups -OCH3 is 2. The molecule has 0 unspecified atom stereocenters. The maximum atomic E-state index is 13.1. The van der Waals surface area contributed by atoms with Gasteiger partial charge in [0, 0.05) is 6.92 Å². The summed E-state index contributed by atoms with van der Waals surface area (Å²) in [7, 11) is 2.94. The van der Waals surface area contributed by atoms with E-state index in [0.29, 0.717) is 26.6 Å². The molecule has 154 valence electrons. The number of thiazole rings is 1. The average molecular weight is 424 g/mol. The Morgan fingerprint density at radius 1 is 1.13 bits per heavy atom. The Morgan fingerprint density at radius 3 is 2.40 bits per heavy atom. The summed E-state index contributed by atoms with van der Waals surface area (Å²) in [4.78, 5) is 29.8. The van der Waals surface area contributed by atoms with E-state index >= 15 is 0 Å². The number of carbonyl (C=O) groups excluding carboxylic acids is 1. The van der Waals surface area contributed by atoms with E-state index in [4.69, 9.17) is 14.2 Å². The molecule has 0 N–H and O–H groups in total. The molecule has 0 aliphatic heterocycles. The van der Waals surface area contributed by atoms with Gasteiger partial charge in [-0.15, -0.1) is 0 Å². The summed E-state index contributed by atoms with van der Waals surface area (Å²) in [6.45, 7) is 5.34. The number of imidazole rings is 1. The molecular formula is C22H20N2O5S. The lowest BCUT2D eigenvalue weighted by atomic mass is 10.1. The monoisotopic (exact) mass is 424 g/mol. The summed E-state index contributed by atoms with van der Waals surface area (Å²) in [5, 5.41) is 0. The summed E-state index contributed by atoms with van der Waals surface area (Å²) < 4.78 is 18.1. The molecule has 4 aromatic rings. The van der Waals surface area contributed by atoms with Gasteiger partial charge in [-0.3, -0.25) is 9.59 Å². The van der Waals surface area contributed by atoms with Crippen molar-refractivity contribution >= 4 is 39.4 Å². The van der Waals surface area contributed by atoms with Crippen molar-refractivity contribution in [3.8, 4) is 17.2 Å². The zero-order chi connectivity index (χ0) is 21.6. The number of rotatable bonds is 4. The van der Waals surface area contributed by atoms with Crippen LogP contribution in [0.15, 0.2) is 29.1 Å². The largest absolute Gasteiger partial charge is 0.493 e. The molecule has 8 heteroatoms. The van der Waals surface area contributed by atoms with Crippen molar-refractivity contribution in [3.63, 3.8) is 0 Å². The molecule has 0 saturated heterocycles. The molecule has 0 spiro atoms. The molecule has 0 aliphatic carbocycles. The van der Waals surface area contributed by atoms with Gasteiger partial charge in [0.05, 0.1) is 29.8 Å². The van der Waals surface area contributed by atoms with Crippen LogP contribution < -0.4 is 24.3 Å². The molecule has 2 aromatic carbocycles. The van der Waals surface area contributed by atoms with Crippen LogP contribution in [0.2, 0.25) is 0 Å². The first-order valence-corrected chi connectivity index (χ1v) is 10.0. The quantitative estimate of drug-likeness (QED) is 0.370. The molecule has 0 amide bonds. The van der Waals surface area contributed by atoms with E-state index in [1.807, 2.05) is 26.0 Å². The summed E-state index contributed by atoms with van der Waals surface area (Å²) in [5.74, 6) is 0.383. The summed E-state index contributed by atoms with van der Waals surface area (Å²) in [6.07, 6.45) is 1.75. The lowest BCUT2D eigenvalue weighted by Crippen LogP contribution is -2.22. The van der Waals surface area contributed by atoms with Crippen LogP contribution >= 0.6 is 11.3 Å². The molecule has 0 atom stereocenters. The highest BCUT2D eigenvalue weighted by molar-refractivity contribution is 7.15. The Balaban J connectivity index is 1.91. The predicted octanol–water partition coefficient (Wildman–Crippen LogP) is 3.02. The van der Waals surface area contributed by atoms with Crippen molar-refractivity contribution in [2.75, 3.05) is 14.2 Å². The fourth-order valence-electron chi connectivity index (χ4n) is 3.34. The van der Waals surface area contributed by atoms with Crippen molar-refractivity contribution in [2.24, 2.45) is 0 Å². The van der Waals surface area contributed by atoms with E-state index in [2.05, 4.69) is 4.98 Å². The van der Waals surface area contributed by atoms with E-state index in [1.54, 1.807) is 22.6 Å². The Bertz CT molecular complexity index is 1390. The number of benzene rings is 2. The van der Waals surface area contributed by atoms with Crippen LogP contribution in [0.5, 0.6) is 17.2 Å². The molecule has 0 bridgehead atoms. The SMILES string of the molecule is COc1cc(/C=c2/sc3nc4c(C)c(C)ccc4n3c2=O)cc(OC)c1OC(C)=O. The molecule has 0 aliphatic rings. The highest BCUT2D eigenvalue weighted by Gasteiger charge is 2.17. The molecule has 0 radical (unpaired) electrons. The third-order valence-electron chi connectivity index (χ3n) is 4.96. The van der Waals surface area contributed by atoms with Gasteiger partial charge in [0.2, 0.25) is 5.75 Å².